The summed E-state index contributed by atoms with van der Waals surface area (Å²) < 4.78 is 15.7. The predicted octanol–water partition coefficient (Wildman–Crippen LogP) is 5.16. The number of nitrogens with zero attached hydrogens (tertiary/aromatic N) is 4. The van der Waals surface area contributed by atoms with Crippen molar-refractivity contribution < 1.29 is 9.47 Å². The van der Waals surface area contributed by atoms with E-state index in [1.807, 2.05) is 68.5 Å². The molecule has 0 radical (unpaired) electrons. The summed E-state index contributed by atoms with van der Waals surface area (Å²) in [7, 11) is 3.66. The SMILES string of the molecule is CCN(C)C=Nc1cc(C)c(Oc2nc(Cc3cccc(OC)c3)ns2)cc1C. The van der Waals surface area contributed by atoms with Crippen LogP contribution in [-0.4, -0.2) is 41.3 Å². The Balaban J connectivity index is 1.72. The molecule has 29 heavy (non-hydrogen) atoms. The zero-order chi connectivity index (χ0) is 20.8. The van der Waals surface area contributed by atoms with Crippen LogP contribution < -0.4 is 9.47 Å². The van der Waals surface area contributed by atoms with E-state index in [-0.39, 0.29) is 0 Å². The van der Waals surface area contributed by atoms with Crippen LogP contribution in [0.1, 0.15) is 29.4 Å². The van der Waals surface area contributed by atoms with Gasteiger partial charge in [-0.15, -0.1) is 0 Å². The van der Waals surface area contributed by atoms with Gasteiger partial charge in [-0.3, -0.25) is 0 Å². The maximum absolute atomic E-state index is 6.01. The summed E-state index contributed by atoms with van der Waals surface area (Å²) >= 11 is 1.26. The number of methoxy groups -OCH3 is 1. The Hall–Kier alpha value is -2.93. The smallest absolute Gasteiger partial charge is 0.298 e. The average Bonchev–Trinajstić information content (AvgIpc) is 3.16. The molecule has 2 aromatic carbocycles. The fourth-order valence-corrected chi connectivity index (χ4v) is 3.24. The third-order valence-corrected chi connectivity index (χ3v) is 5.16. The Bertz CT molecular complexity index is 1000. The molecule has 0 atom stereocenters. The molecule has 152 valence electrons. The molecular weight excluding hydrogens is 384 g/mol. The van der Waals surface area contributed by atoms with Gasteiger partial charge in [0.25, 0.3) is 5.19 Å². The van der Waals surface area contributed by atoms with Gasteiger partial charge in [0, 0.05) is 31.5 Å². The molecule has 7 heteroatoms. The van der Waals surface area contributed by atoms with Gasteiger partial charge < -0.3 is 14.4 Å². The van der Waals surface area contributed by atoms with Crippen molar-refractivity contribution in [2.45, 2.75) is 27.2 Å². The van der Waals surface area contributed by atoms with Crippen LogP contribution in [-0.2, 0) is 6.42 Å². The highest BCUT2D eigenvalue weighted by molar-refractivity contribution is 7.07. The number of ether oxygens (including phenoxy) is 2. The van der Waals surface area contributed by atoms with Crippen molar-refractivity contribution in [3.63, 3.8) is 0 Å². The predicted molar refractivity (Wildman–Crippen MR) is 118 cm³/mol. The molecule has 0 N–H and O–H groups in total. The molecule has 0 saturated heterocycles. The number of aryl methyl sites for hydroxylation is 2. The van der Waals surface area contributed by atoms with E-state index >= 15 is 0 Å². The summed E-state index contributed by atoms with van der Waals surface area (Å²) in [5.41, 5.74) is 4.09. The Kier molecular flexibility index (Phi) is 6.82. The zero-order valence-corrected chi connectivity index (χ0v) is 18.3. The highest BCUT2D eigenvalue weighted by Crippen LogP contribution is 2.32. The first-order chi connectivity index (χ1) is 14.0. The molecule has 1 heterocycles. The van der Waals surface area contributed by atoms with E-state index in [9.17, 15) is 0 Å². The second kappa shape index (κ2) is 9.52. The van der Waals surface area contributed by atoms with Gasteiger partial charge >= 0.3 is 0 Å². The van der Waals surface area contributed by atoms with Crippen LogP contribution >= 0.6 is 11.5 Å². The van der Waals surface area contributed by atoms with Crippen LogP contribution in [0.3, 0.4) is 0 Å². The summed E-state index contributed by atoms with van der Waals surface area (Å²) in [5.74, 6) is 2.33. The normalized spacial score (nSPS) is 11.1. The number of rotatable bonds is 8. The lowest BCUT2D eigenvalue weighted by atomic mass is 10.1. The largest absolute Gasteiger partial charge is 0.497 e. The molecule has 0 unspecified atom stereocenters. The first-order valence-corrected chi connectivity index (χ1v) is 10.2. The van der Waals surface area contributed by atoms with E-state index in [0.717, 1.165) is 46.2 Å². The molecule has 0 amide bonds. The summed E-state index contributed by atoms with van der Waals surface area (Å²) in [5, 5.41) is 0.535. The molecule has 0 aliphatic rings. The Morgan fingerprint density at radius 1 is 1.17 bits per heavy atom. The first kappa shape index (κ1) is 20.8. The lowest BCUT2D eigenvalue weighted by molar-refractivity contribution is 0.414. The molecule has 0 fully saturated rings. The summed E-state index contributed by atoms with van der Waals surface area (Å²) in [6.45, 7) is 7.04. The van der Waals surface area contributed by atoms with Crippen molar-refractivity contribution in [1.29, 1.82) is 0 Å². The maximum Gasteiger partial charge on any atom is 0.298 e. The summed E-state index contributed by atoms with van der Waals surface area (Å²) in [4.78, 5) is 11.1. The number of hydrogen-bond donors (Lipinski definition) is 0. The number of benzene rings is 2. The van der Waals surface area contributed by atoms with Crippen LogP contribution in [0, 0.1) is 13.8 Å². The third kappa shape index (κ3) is 5.54. The molecule has 6 nitrogen and oxygen atoms in total. The number of aliphatic imine (C=N–C) groups is 1. The fourth-order valence-electron chi connectivity index (χ4n) is 2.68. The standard InChI is InChI=1S/C22H26N4O2S/c1-6-26(4)14-23-19-10-16(3)20(11-15(19)2)28-22-24-21(25-29-22)13-17-8-7-9-18(12-17)27-5/h7-12,14H,6,13H2,1-5H3. The first-order valence-electron chi connectivity index (χ1n) is 9.47. The monoisotopic (exact) mass is 410 g/mol. The molecular formula is C22H26N4O2S. The Morgan fingerprint density at radius 2 is 2.00 bits per heavy atom. The lowest BCUT2D eigenvalue weighted by Gasteiger charge is -2.11. The van der Waals surface area contributed by atoms with Gasteiger partial charge in [0.1, 0.15) is 11.5 Å². The van der Waals surface area contributed by atoms with E-state index in [0.29, 0.717) is 11.6 Å². The minimum Gasteiger partial charge on any atom is -0.497 e. The highest BCUT2D eigenvalue weighted by atomic mass is 32.1. The van der Waals surface area contributed by atoms with Gasteiger partial charge in [-0.2, -0.15) is 9.36 Å². The van der Waals surface area contributed by atoms with Gasteiger partial charge in [0.15, 0.2) is 5.82 Å². The number of hydrogen-bond acceptors (Lipinski definition) is 6. The molecule has 0 aliphatic carbocycles. The van der Waals surface area contributed by atoms with Gasteiger partial charge in [-0.05, 0) is 61.7 Å². The third-order valence-electron chi connectivity index (χ3n) is 4.53. The zero-order valence-electron chi connectivity index (χ0n) is 17.5. The topological polar surface area (TPSA) is 59.8 Å². The van der Waals surface area contributed by atoms with Crippen molar-refractivity contribution in [2.75, 3.05) is 20.7 Å². The minimum absolute atomic E-state index is 0.535. The lowest BCUT2D eigenvalue weighted by Crippen LogP contribution is -2.14. The van der Waals surface area contributed by atoms with Crippen molar-refractivity contribution >= 4 is 23.6 Å². The van der Waals surface area contributed by atoms with Gasteiger partial charge in [-0.25, -0.2) is 4.99 Å². The van der Waals surface area contributed by atoms with E-state index in [4.69, 9.17) is 9.47 Å². The Labute approximate surface area is 176 Å². The van der Waals surface area contributed by atoms with Gasteiger partial charge in [0.05, 0.1) is 19.1 Å². The molecule has 0 bridgehead atoms. The maximum atomic E-state index is 6.01. The van der Waals surface area contributed by atoms with E-state index in [1.54, 1.807) is 7.11 Å². The fraction of sp³-hybridized carbons (Fsp3) is 0.318. The van der Waals surface area contributed by atoms with Crippen molar-refractivity contribution in [1.82, 2.24) is 14.3 Å². The van der Waals surface area contributed by atoms with Gasteiger partial charge in [-0.1, -0.05) is 12.1 Å². The van der Waals surface area contributed by atoms with E-state index in [1.165, 1.54) is 11.5 Å². The van der Waals surface area contributed by atoms with Crippen molar-refractivity contribution in [3.05, 3.63) is 58.9 Å². The van der Waals surface area contributed by atoms with Crippen LogP contribution in [0.4, 0.5) is 5.69 Å². The van der Waals surface area contributed by atoms with Crippen LogP contribution in [0.2, 0.25) is 0 Å². The van der Waals surface area contributed by atoms with E-state index in [2.05, 4.69) is 21.3 Å². The number of aromatic nitrogens is 2. The molecule has 0 spiro atoms. The summed E-state index contributed by atoms with van der Waals surface area (Å²) in [6.07, 6.45) is 2.48. The molecule has 0 aliphatic heterocycles. The molecule has 3 rings (SSSR count). The molecule has 1 aromatic heterocycles. The quantitative estimate of drug-likeness (QED) is 0.379. The van der Waals surface area contributed by atoms with Crippen molar-refractivity contribution in [2.24, 2.45) is 4.99 Å². The van der Waals surface area contributed by atoms with Crippen LogP contribution in [0.15, 0.2) is 41.4 Å². The summed E-state index contributed by atoms with van der Waals surface area (Å²) in [6, 6.07) is 11.9. The Morgan fingerprint density at radius 3 is 2.76 bits per heavy atom. The van der Waals surface area contributed by atoms with Gasteiger partial charge in [0.2, 0.25) is 0 Å². The van der Waals surface area contributed by atoms with Crippen LogP contribution in [0.25, 0.3) is 0 Å². The highest BCUT2D eigenvalue weighted by Gasteiger charge is 2.11. The average molecular weight is 411 g/mol. The molecule has 3 aromatic rings. The second-order valence-electron chi connectivity index (χ2n) is 6.83. The molecule has 0 saturated carbocycles. The second-order valence-corrected chi connectivity index (χ2v) is 7.54. The van der Waals surface area contributed by atoms with Crippen molar-refractivity contribution in [3.8, 4) is 16.7 Å². The van der Waals surface area contributed by atoms with Crippen LogP contribution in [0.5, 0.6) is 16.7 Å². The minimum atomic E-state index is 0.535. The van der Waals surface area contributed by atoms with E-state index < -0.39 is 0 Å².